The first-order valence-corrected chi connectivity index (χ1v) is 8.37. The largest absolute Gasteiger partial charge is 0.336 e. The summed E-state index contributed by atoms with van der Waals surface area (Å²) < 4.78 is 0. The van der Waals surface area contributed by atoms with Crippen LogP contribution in [-0.4, -0.2) is 14.8 Å². The van der Waals surface area contributed by atoms with Crippen molar-refractivity contribution >= 4 is 8.24 Å². The molecule has 0 unspecified atom stereocenters. The van der Waals surface area contributed by atoms with Crippen molar-refractivity contribution in [2.45, 2.75) is 71.5 Å². The third-order valence-corrected chi connectivity index (χ3v) is 10.1. The van der Waals surface area contributed by atoms with E-state index in [-0.39, 0.29) is 0 Å². The molecule has 0 radical (unpaired) electrons. The minimum atomic E-state index is -1.30. The van der Waals surface area contributed by atoms with Crippen molar-refractivity contribution in [1.29, 1.82) is 0 Å². The minimum absolute atomic E-state index is 0.828. The van der Waals surface area contributed by atoms with Gasteiger partial charge in [0.1, 0.15) is 8.24 Å². The fourth-order valence-electron chi connectivity index (χ4n) is 2.95. The lowest BCUT2D eigenvalue weighted by atomic mass is 10.5. The maximum absolute atomic E-state index is 3.92. The molecule has 1 N–H and O–H groups in total. The van der Waals surface area contributed by atoms with Gasteiger partial charge in [-0.25, -0.2) is 0 Å². The van der Waals surface area contributed by atoms with Crippen LogP contribution in [0.1, 0.15) is 54.9 Å². The highest BCUT2D eigenvalue weighted by Gasteiger charge is 2.42. The second kappa shape index (κ2) is 5.91. The molecule has 0 aliphatic heterocycles. The molecule has 0 spiro atoms. The maximum Gasteiger partial charge on any atom is 0.133 e. The van der Waals surface area contributed by atoms with Gasteiger partial charge < -0.3 is 4.98 Å². The lowest BCUT2D eigenvalue weighted by Crippen LogP contribution is -2.58. The second-order valence-electron chi connectivity index (χ2n) is 5.32. The Bertz CT molecular complexity index is 131. The molecular weight excluding hydrogens is 186 g/mol. The third-order valence-electron chi connectivity index (χ3n) is 3.55. The number of nitrogens with one attached hydrogen (secondary N) is 1. The van der Waals surface area contributed by atoms with Gasteiger partial charge in [0.05, 0.1) is 0 Å². The van der Waals surface area contributed by atoms with Crippen LogP contribution in [0.2, 0.25) is 16.6 Å². The Morgan fingerprint density at radius 2 is 1.21 bits per heavy atom. The summed E-state index contributed by atoms with van der Waals surface area (Å²) in [5, 5.41) is 0. The molecule has 0 aliphatic carbocycles. The van der Waals surface area contributed by atoms with Crippen LogP contribution in [0.3, 0.4) is 0 Å². The number of rotatable bonds is 6. The Hall–Kier alpha value is 0.177. The lowest BCUT2D eigenvalue weighted by molar-refractivity contribution is 0.715. The van der Waals surface area contributed by atoms with E-state index in [4.69, 9.17) is 0 Å². The van der Waals surface area contributed by atoms with Crippen molar-refractivity contribution in [3.05, 3.63) is 0 Å². The van der Waals surface area contributed by atoms with Crippen molar-refractivity contribution in [3.8, 4) is 0 Å². The summed E-state index contributed by atoms with van der Waals surface area (Å²) in [7, 11) is -1.30. The van der Waals surface area contributed by atoms with Gasteiger partial charge in [0.25, 0.3) is 0 Å². The average molecular weight is 215 g/mol. The van der Waals surface area contributed by atoms with Crippen LogP contribution in [0.5, 0.6) is 0 Å². The van der Waals surface area contributed by atoms with Gasteiger partial charge in [-0.05, 0) is 29.6 Å². The van der Waals surface area contributed by atoms with E-state index in [2.05, 4.69) is 53.4 Å². The Balaban J connectivity index is 4.76. The first kappa shape index (κ1) is 14.2. The molecule has 0 fully saturated rings. The predicted octanol–water partition coefficient (Wildman–Crippen LogP) is 4.16. The van der Waals surface area contributed by atoms with Crippen molar-refractivity contribution in [1.82, 2.24) is 4.98 Å². The van der Waals surface area contributed by atoms with Crippen LogP contribution in [0, 0.1) is 0 Å². The molecule has 0 aromatic heterocycles. The monoisotopic (exact) mass is 215 g/mol. The van der Waals surface area contributed by atoms with Gasteiger partial charge >= 0.3 is 0 Å². The molecule has 1 nitrogen and oxygen atoms in total. The van der Waals surface area contributed by atoms with Gasteiger partial charge in [0, 0.05) is 0 Å². The number of hydrogen-bond donors (Lipinski definition) is 1. The Morgan fingerprint density at radius 1 is 0.857 bits per heavy atom. The SMILES string of the molecule is CCCN[Si](C(C)C)(C(C)C)C(C)C. The molecule has 0 aromatic rings. The zero-order chi connectivity index (χ0) is 11.4. The van der Waals surface area contributed by atoms with Crippen LogP contribution in [0.4, 0.5) is 0 Å². The zero-order valence-electron chi connectivity index (χ0n) is 11.1. The van der Waals surface area contributed by atoms with Gasteiger partial charge in [-0.1, -0.05) is 48.5 Å². The van der Waals surface area contributed by atoms with Gasteiger partial charge in [-0.15, -0.1) is 0 Å². The van der Waals surface area contributed by atoms with Crippen LogP contribution in [-0.2, 0) is 0 Å². The minimum Gasteiger partial charge on any atom is -0.336 e. The predicted molar refractivity (Wildman–Crippen MR) is 69.3 cm³/mol. The summed E-state index contributed by atoms with van der Waals surface area (Å²) >= 11 is 0. The first-order valence-electron chi connectivity index (χ1n) is 6.14. The molecule has 0 aliphatic rings. The Morgan fingerprint density at radius 3 is 1.43 bits per heavy atom. The maximum atomic E-state index is 3.92. The smallest absolute Gasteiger partial charge is 0.133 e. The van der Waals surface area contributed by atoms with E-state index in [1.54, 1.807) is 0 Å². The zero-order valence-corrected chi connectivity index (χ0v) is 12.1. The lowest BCUT2D eigenvalue weighted by Gasteiger charge is -2.43. The highest BCUT2D eigenvalue weighted by atomic mass is 28.3. The standard InChI is InChI=1S/C12H29NSi/c1-8-9-13-14(10(2)3,11(4)5)12(6)7/h10-13H,8-9H2,1-7H3. The highest BCUT2D eigenvalue weighted by Crippen LogP contribution is 2.38. The van der Waals surface area contributed by atoms with E-state index in [1.807, 2.05) is 0 Å². The topological polar surface area (TPSA) is 12.0 Å². The van der Waals surface area contributed by atoms with Gasteiger partial charge in [-0.2, -0.15) is 0 Å². The van der Waals surface area contributed by atoms with Gasteiger partial charge in [0.15, 0.2) is 0 Å². The summed E-state index contributed by atoms with van der Waals surface area (Å²) in [5.41, 5.74) is 2.48. The average Bonchev–Trinajstić information content (AvgIpc) is 2.03. The van der Waals surface area contributed by atoms with Crippen LogP contribution < -0.4 is 4.98 Å². The highest BCUT2D eigenvalue weighted by molar-refractivity contribution is 6.81. The van der Waals surface area contributed by atoms with E-state index in [0.29, 0.717) is 0 Å². The van der Waals surface area contributed by atoms with Gasteiger partial charge in [-0.3, -0.25) is 0 Å². The van der Waals surface area contributed by atoms with Crippen molar-refractivity contribution in [2.24, 2.45) is 0 Å². The quantitative estimate of drug-likeness (QED) is 0.656. The number of hydrogen-bond acceptors (Lipinski definition) is 1. The first-order chi connectivity index (χ1) is 6.39. The van der Waals surface area contributed by atoms with Crippen molar-refractivity contribution in [2.75, 3.05) is 6.54 Å². The molecule has 2 heteroatoms. The van der Waals surface area contributed by atoms with Crippen molar-refractivity contribution < 1.29 is 0 Å². The fraction of sp³-hybridized carbons (Fsp3) is 1.00. The Kier molecular flexibility index (Phi) is 5.99. The van der Waals surface area contributed by atoms with E-state index in [9.17, 15) is 0 Å². The van der Waals surface area contributed by atoms with Gasteiger partial charge in [0.2, 0.25) is 0 Å². The van der Waals surface area contributed by atoms with Crippen LogP contribution >= 0.6 is 0 Å². The molecule has 0 aromatic carbocycles. The summed E-state index contributed by atoms with van der Waals surface area (Å²) in [6, 6.07) is 0. The van der Waals surface area contributed by atoms with Crippen LogP contribution in [0.25, 0.3) is 0 Å². The summed E-state index contributed by atoms with van der Waals surface area (Å²) in [5.74, 6) is 0. The molecule has 0 saturated carbocycles. The fourth-order valence-corrected chi connectivity index (χ4v) is 8.86. The normalized spacial score (nSPS) is 13.3. The molecule has 0 atom stereocenters. The Labute approximate surface area is 91.8 Å². The molecule has 0 bridgehead atoms. The van der Waals surface area contributed by atoms with Crippen molar-refractivity contribution in [3.63, 3.8) is 0 Å². The molecule has 14 heavy (non-hydrogen) atoms. The molecule has 0 amide bonds. The summed E-state index contributed by atoms with van der Waals surface area (Å²) in [6.07, 6.45) is 1.25. The summed E-state index contributed by atoms with van der Waals surface area (Å²) in [6.45, 7) is 17.8. The second-order valence-corrected chi connectivity index (χ2v) is 11.0. The molecule has 0 heterocycles. The molecule has 0 rings (SSSR count). The van der Waals surface area contributed by atoms with E-state index in [0.717, 1.165) is 16.6 Å². The molecular formula is C12H29NSi. The molecule has 0 saturated heterocycles. The summed E-state index contributed by atoms with van der Waals surface area (Å²) in [4.78, 5) is 3.92. The van der Waals surface area contributed by atoms with E-state index >= 15 is 0 Å². The third kappa shape index (κ3) is 2.83. The van der Waals surface area contributed by atoms with E-state index in [1.165, 1.54) is 13.0 Å². The van der Waals surface area contributed by atoms with E-state index < -0.39 is 8.24 Å². The van der Waals surface area contributed by atoms with Crippen LogP contribution in [0.15, 0.2) is 0 Å². The molecule has 86 valence electrons.